The van der Waals surface area contributed by atoms with Crippen molar-refractivity contribution >= 4 is 23.3 Å². The summed E-state index contributed by atoms with van der Waals surface area (Å²) in [6.45, 7) is 1.40. The Bertz CT molecular complexity index is 539. The molecular formula is C14H18N2O4S. The van der Waals surface area contributed by atoms with Gasteiger partial charge >= 0.3 is 6.09 Å². The van der Waals surface area contributed by atoms with E-state index in [1.165, 1.54) is 11.3 Å². The van der Waals surface area contributed by atoms with E-state index in [1.807, 2.05) is 11.4 Å². The van der Waals surface area contributed by atoms with Gasteiger partial charge in [0.2, 0.25) is 0 Å². The Morgan fingerprint density at radius 3 is 2.86 bits per heavy atom. The van der Waals surface area contributed by atoms with E-state index in [1.54, 1.807) is 0 Å². The first-order valence-electron chi connectivity index (χ1n) is 7.06. The molecule has 0 aromatic carbocycles. The Labute approximate surface area is 126 Å². The van der Waals surface area contributed by atoms with Gasteiger partial charge in [-0.2, -0.15) is 0 Å². The van der Waals surface area contributed by atoms with Gasteiger partial charge in [-0.05, 0) is 25.3 Å². The normalized spacial score (nSPS) is 25.3. The molecule has 0 spiro atoms. The van der Waals surface area contributed by atoms with Crippen LogP contribution in [0.5, 0.6) is 0 Å². The van der Waals surface area contributed by atoms with Crippen molar-refractivity contribution < 1.29 is 19.1 Å². The zero-order valence-electron chi connectivity index (χ0n) is 11.5. The van der Waals surface area contributed by atoms with Crippen LogP contribution < -0.4 is 11.1 Å². The summed E-state index contributed by atoms with van der Waals surface area (Å²) in [6, 6.07) is 2.08. The first-order valence-corrected chi connectivity index (χ1v) is 7.94. The molecule has 2 heterocycles. The third-order valence-electron chi connectivity index (χ3n) is 3.80. The van der Waals surface area contributed by atoms with E-state index in [9.17, 15) is 9.59 Å². The number of nitrogens with two attached hydrogens (primary N) is 1. The van der Waals surface area contributed by atoms with Crippen LogP contribution in [0.3, 0.4) is 0 Å². The van der Waals surface area contributed by atoms with Crippen molar-refractivity contribution in [3.63, 3.8) is 0 Å². The molecule has 21 heavy (non-hydrogen) atoms. The topological polar surface area (TPSA) is 90.7 Å². The first-order chi connectivity index (χ1) is 10.1. The number of amides is 2. The van der Waals surface area contributed by atoms with E-state index in [0.717, 1.165) is 24.1 Å². The maximum absolute atomic E-state index is 12.2. The van der Waals surface area contributed by atoms with Crippen molar-refractivity contribution in [1.29, 1.82) is 0 Å². The minimum Gasteiger partial charge on any atom is -0.446 e. The Morgan fingerprint density at radius 2 is 2.14 bits per heavy atom. The van der Waals surface area contributed by atoms with Gasteiger partial charge in [0.1, 0.15) is 6.10 Å². The van der Waals surface area contributed by atoms with Crippen LogP contribution in [0.2, 0.25) is 0 Å². The number of ether oxygens (including phenoxy) is 2. The summed E-state index contributed by atoms with van der Waals surface area (Å²) in [5.41, 5.74) is 5.67. The number of hydrogen-bond donors (Lipinski definition) is 2. The second kappa shape index (κ2) is 6.03. The molecule has 114 valence electrons. The molecule has 1 aromatic rings. The number of hydrogen-bond acceptors (Lipinski definition) is 5. The molecular weight excluding hydrogens is 292 g/mol. The Balaban J connectivity index is 1.55. The van der Waals surface area contributed by atoms with Gasteiger partial charge in [-0.1, -0.05) is 0 Å². The number of carbonyl (C=O) groups excluding carboxylic acids is 2. The summed E-state index contributed by atoms with van der Waals surface area (Å²) < 4.78 is 10.2. The molecule has 6 nitrogen and oxygen atoms in total. The summed E-state index contributed by atoms with van der Waals surface area (Å²) in [5.74, 6) is 0.143. The molecule has 1 aliphatic carbocycles. The van der Waals surface area contributed by atoms with Crippen LogP contribution in [0.4, 0.5) is 4.79 Å². The van der Waals surface area contributed by atoms with Crippen molar-refractivity contribution in [2.24, 2.45) is 5.73 Å². The molecule has 0 radical (unpaired) electrons. The van der Waals surface area contributed by atoms with Crippen LogP contribution in [0.25, 0.3) is 0 Å². The number of thiophene rings is 1. The molecule has 3 rings (SSSR count). The molecule has 0 bridgehead atoms. The number of nitrogens with one attached hydrogen (secondary N) is 1. The fraction of sp³-hybridized carbons (Fsp3) is 0.571. The molecule has 2 fully saturated rings. The van der Waals surface area contributed by atoms with E-state index in [-0.39, 0.29) is 24.0 Å². The van der Waals surface area contributed by atoms with E-state index in [2.05, 4.69) is 5.32 Å². The Kier molecular flexibility index (Phi) is 4.12. The largest absolute Gasteiger partial charge is 0.446 e. The maximum Gasteiger partial charge on any atom is 0.404 e. The van der Waals surface area contributed by atoms with Crippen LogP contribution in [-0.4, -0.2) is 37.4 Å². The van der Waals surface area contributed by atoms with Gasteiger partial charge < -0.3 is 20.5 Å². The molecule has 2 atom stereocenters. The summed E-state index contributed by atoms with van der Waals surface area (Å²) >= 11 is 1.52. The van der Waals surface area contributed by atoms with Gasteiger partial charge in [0, 0.05) is 35.4 Å². The number of primary amides is 1. The van der Waals surface area contributed by atoms with Gasteiger partial charge in [0.05, 0.1) is 5.56 Å². The second-order valence-electron chi connectivity index (χ2n) is 5.42. The second-order valence-corrected chi connectivity index (χ2v) is 6.36. The fourth-order valence-electron chi connectivity index (χ4n) is 2.53. The average Bonchev–Trinajstić information content (AvgIpc) is 3.02. The van der Waals surface area contributed by atoms with E-state index in [0.29, 0.717) is 18.8 Å². The van der Waals surface area contributed by atoms with Gasteiger partial charge in [-0.15, -0.1) is 11.3 Å². The van der Waals surface area contributed by atoms with Crippen LogP contribution >= 0.6 is 11.3 Å². The molecule has 1 aromatic heterocycles. The third kappa shape index (κ3) is 3.54. The molecule has 1 saturated heterocycles. The van der Waals surface area contributed by atoms with E-state index in [4.69, 9.17) is 15.2 Å². The van der Waals surface area contributed by atoms with Crippen LogP contribution in [0.1, 0.15) is 40.4 Å². The Morgan fingerprint density at radius 1 is 1.38 bits per heavy atom. The SMILES string of the molecule is NC(=O)O[C@@H]1C[C@H]1c1cc(C(=O)NC2CCOCC2)cs1. The zero-order valence-corrected chi connectivity index (χ0v) is 12.4. The molecule has 2 amide bonds. The highest BCUT2D eigenvalue weighted by molar-refractivity contribution is 7.10. The standard InChI is InChI=1S/C14H18N2O4S/c15-14(18)20-11-6-10(11)12-5-8(7-21-12)13(17)16-9-1-3-19-4-2-9/h5,7,9-11H,1-4,6H2,(H2,15,18)(H,16,17)/t10-,11-/m1/s1. The van der Waals surface area contributed by atoms with Crippen LogP contribution in [0, 0.1) is 0 Å². The smallest absolute Gasteiger partial charge is 0.404 e. The summed E-state index contributed by atoms with van der Waals surface area (Å²) in [7, 11) is 0. The van der Waals surface area contributed by atoms with Crippen LogP contribution in [-0.2, 0) is 9.47 Å². The molecule has 1 aliphatic heterocycles. The average molecular weight is 310 g/mol. The van der Waals surface area contributed by atoms with Gasteiger partial charge in [0.25, 0.3) is 5.91 Å². The van der Waals surface area contributed by atoms with Crippen molar-refractivity contribution in [3.8, 4) is 0 Å². The fourth-order valence-corrected chi connectivity index (χ4v) is 3.58. The predicted octanol–water partition coefficient (Wildman–Crippen LogP) is 1.61. The summed E-state index contributed by atoms with van der Waals surface area (Å²) in [5, 5.41) is 4.88. The summed E-state index contributed by atoms with van der Waals surface area (Å²) in [4.78, 5) is 23.9. The highest BCUT2D eigenvalue weighted by Gasteiger charge is 2.42. The van der Waals surface area contributed by atoms with Crippen molar-refractivity contribution in [2.45, 2.75) is 37.3 Å². The quantitative estimate of drug-likeness (QED) is 0.884. The lowest BCUT2D eigenvalue weighted by Gasteiger charge is -2.22. The van der Waals surface area contributed by atoms with Crippen molar-refractivity contribution in [3.05, 3.63) is 21.9 Å². The molecule has 0 unspecified atom stereocenters. The van der Waals surface area contributed by atoms with Gasteiger partial charge in [-0.25, -0.2) is 4.79 Å². The highest BCUT2D eigenvalue weighted by atomic mass is 32.1. The zero-order chi connectivity index (χ0) is 14.8. The lowest BCUT2D eigenvalue weighted by molar-refractivity contribution is 0.0696. The van der Waals surface area contributed by atoms with Gasteiger partial charge in [0.15, 0.2) is 0 Å². The Hall–Kier alpha value is -1.60. The third-order valence-corrected chi connectivity index (χ3v) is 4.87. The van der Waals surface area contributed by atoms with Crippen molar-refractivity contribution in [1.82, 2.24) is 5.32 Å². The predicted molar refractivity (Wildman–Crippen MR) is 77.4 cm³/mol. The lowest BCUT2D eigenvalue weighted by atomic mass is 10.1. The van der Waals surface area contributed by atoms with Crippen molar-refractivity contribution in [2.75, 3.05) is 13.2 Å². The minimum absolute atomic E-state index is 0.0441. The summed E-state index contributed by atoms with van der Waals surface area (Å²) in [6.07, 6.45) is 1.63. The highest BCUT2D eigenvalue weighted by Crippen LogP contribution is 2.45. The maximum atomic E-state index is 12.2. The number of rotatable bonds is 4. The van der Waals surface area contributed by atoms with Gasteiger partial charge in [-0.3, -0.25) is 4.79 Å². The molecule has 3 N–H and O–H groups in total. The molecule has 2 aliphatic rings. The number of carbonyl (C=O) groups is 2. The molecule has 1 saturated carbocycles. The van der Waals surface area contributed by atoms with E-state index < -0.39 is 6.09 Å². The first kappa shape index (κ1) is 14.3. The van der Waals surface area contributed by atoms with Crippen LogP contribution in [0.15, 0.2) is 11.4 Å². The van der Waals surface area contributed by atoms with E-state index >= 15 is 0 Å². The molecule has 7 heteroatoms. The lowest BCUT2D eigenvalue weighted by Crippen LogP contribution is -2.38. The monoisotopic (exact) mass is 310 g/mol. The minimum atomic E-state index is -0.739.